The van der Waals surface area contributed by atoms with Crippen molar-refractivity contribution in [2.24, 2.45) is 0 Å². The van der Waals surface area contributed by atoms with Crippen molar-refractivity contribution < 1.29 is 13.2 Å². The van der Waals surface area contributed by atoms with Crippen LogP contribution in [0.2, 0.25) is 0 Å². The summed E-state index contributed by atoms with van der Waals surface area (Å²) < 4.78 is 26.8. The molecule has 1 amide bonds. The molecule has 0 N–H and O–H groups in total. The van der Waals surface area contributed by atoms with Crippen LogP contribution in [0.4, 0.5) is 5.82 Å². The number of carbonyl (C=O) groups excluding carboxylic acids is 1. The fraction of sp³-hybridized carbons (Fsp3) is 0.476. The highest BCUT2D eigenvalue weighted by Gasteiger charge is 2.28. The van der Waals surface area contributed by atoms with Crippen LogP contribution in [-0.4, -0.2) is 72.8 Å². The topological polar surface area (TPSA) is 86.7 Å². The summed E-state index contributed by atoms with van der Waals surface area (Å²) in [5.41, 5.74) is 1.44. The maximum Gasteiger partial charge on any atom is 0.253 e. The monoisotopic (exact) mass is 429 g/mol. The maximum atomic E-state index is 12.9. The molecule has 0 saturated carbocycles. The third-order valence-corrected chi connectivity index (χ3v) is 7.56. The lowest BCUT2D eigenvalue weighted by Gasteiger charge is -2.35. The molecule has 160 valence electrons. The Balaban J connectivity index is 1.40. The average Bonchev–Trinajstić information content (AvgIpc) is 3.29. The van der Waals surface area contributed by atoms with Gasteiger partial charge in [0.05, 0.1) is 4.90 Å². The Morgan fingerprint density at radius 1 is 0.900 bits per heavy atom. The number of rotatable bonds is 4. The second-order valence-electron chi connectivity index (χ2n) is 7.83. The molecule has 8 nitrogen and oxygen atoms in total. The van der Waals surface area contributed by atoms with E-state index in [4.69, 9.17) is 0 Å². The Morgan fingerprint density at radius 2 is 1.53 bits per heavy atom. The van der Waals surface area contributed by atoms with Crippen LogP contribution in [0.3, 0.4) is 0 Å². The SMILES string of the molecule is Cc1cc(N2CCN(C(=O)c3ccc(S(=O)(=O)N4CCCC4)cc3)CC2)nc(C)n1. The zero-order valence-corrected chi connectivity index (χ0v) is 18.2. The molecule has 1 aromatic carbocycles. The van der Waals surface area contributed by atoms with Crippen molar-refractivity contribution >= 4 is 21.7 Å². The van der Waals surface area contributed by atoms with Crippen molar-refractivity contribution in [1.29, 1.82) is 0 Å². The molecule has 0 bridgehead atoms. The minimum atomic E-state index is -3.46. The number of aromatic nitrogens is 2. The van der Waals surface area contributed by atoms with Crippen LogP contribution in [0.1, 0.15) is 34.7 Å². The molecule has 4 rings (SSSR count). The fourth-order valence-corrected chi connectivity index (χ4v) is 5.54. The molecule has 0 radical (unpaired) electrons. The second-order valence-corrected chi connectivity index (χ2v) is 9.77. The van der Waals surface area contributed by atoms with Crippen molar-refractivity contribution in [2.45, 2.75) is 31.6 Å². The maximum absolute atomic E-state index is 12.9. The van der Waals surface area contributed by atoms with Gasteiger partial charge in [0, 0.05) is 56.6 Å². The number of carbonyl (C=O) groups is 1. The first kappa shape index (κ1) is 20.7. The summed E-state index contributed by atoms with van der Waals surface area (Å²) in [5.74, 6) is 1.56. The first-order chi connectivity index (χ1) is 14.3. The smallest absolute Gasteiger partial charge is 0.253 e. The van der Waals surface area contributed by atoms with Crippen LogP contribution in [0, 0.1) is 13.8 Å². The van der Waals surface area contributed by atoms with Gasteiger partial charge in [-0.05, 0) is 51.0 Å². The van der Waals surface area contributed by atoms with Gasteiger partial charge in [-0.2, -0.15) is 4.31 Å². The zero-order valence-electron chi connectivity index (χ0n) is 17.4. The molecule has 0 unspecified atom stereocenters. The largest absolute Gasteiger partial charge is 0.353 e. The van der Waals surface area contributed by atoms with Gasteiger partial charge >= 0.3 is 0 Å². The van der Waals surface area contributed by atoms with E-state index < -0.39 is 10.0 Å². The van der Waals surface area contributed by atoms with E-state index in [1.807, 2.05) is 19.9 Å². The normalized spacial score (nSPS) is 18.1. The molecular formula is C21H27N5O3S. The number of sulfonamides is 1. The van der Waals surface area contributed by atoms with Crippen LogP contribution < -0.4 is 4.90 Å². The summed E-state index contributed by atoms with van der Waals surface area (Å²) >= 11 is 0. The molecule has 2 saturated heterocycles. The van der Waals surface area contributed by atoms with E-state index >= 15 is 0 Å². The number of aryl methyl sites for hydroxylation is 2. The van der Waals surface area contributed by atoms with Gasteiger partial charge in [-0.15, -0.1) is 0 Å². The molecule has 2 aliphatic heterocycles. The number of amides is 1. The lowest BCUT2D eigenvalue weighted by atomic mass is 10.2. The Morgan fingerprint density at radius 3 is 2.13 bits per heavy atom. The lowest BCUT2D eigenvalue weighted by molar-refractivity contribution is 0.0746. The fourth-order valence-electron chi connectivity index (χ4n) is 4.03. The Bertz CT molecular complexity index is 1000. The molecule has 1 aromatic heterocycles. The van der Waals surface area contributed by atoms with E-state index in [1.165, 1.54) is 4.31 Å². The van der Waals surface area contributed by atoms with Gasteiger partial charge in [0.2, 0.25) is 10.0 Å². The highest BCUT2D eigenvalue weighted by molar-refractivity contribution is 7.89. The number of piperazine rings is 1. The average molecular weight is 430 g/mol. The second kappa shape index (κ2) is 8.31. The number of anilines is 1. The summed E-state index contributed by atoms with van der Waals surface area (Å²) in [6, 6.07) is 8.29. The Hall–Kier alpha value is -2.52. The minimum absolute atomic E-state index is 0.0742. The summed E-state index contributed by atoms with van der Waals surface area (Å²) in [6.07, 6.45) is 1.80. The quantitative estimate of drug-likeness (QED) is 0.737. The zero-order chi connectivity index (χ0) is 21.3. The molecule has 2 fully saturated rings. The molecule has 0 aliphatic carbocycles. The molecule has 0 atom stereocenters. The molecule has 3 heterocycles. The van der Waals surface area contributed by atoms with E-state index in [0.717, 1.165) is 30.2 Å². The van der Waals surface area contributed by atoms with Crippen LogP contribution >= 0.6 is 0 Å². The molecule has 2 aromatic rings. The van der Waals surface area contributed by atoms with Crippen molar-refractivity contribution in [2.75, 3.05) is 44.2 Å². The van der Waals surface area contributed by atoms with Crippen molar-refractivity contribution in [1.82, 2.24) is 19.2 Å². The van der Waals surface area contributed by atoms with Gasteiger partial charge < -0.3 is 9.80 Å². The summed E-state index contributed by atoms with van der Waals surface area (Å²) in [7, 11) is -3.46. The number of nitrogens with zero attached hydrogens (tertiary/aromatic N) is 5. The van der Waals surface area contributed by atoms with Crippen molar-refractivity contribution in [3.8, 4) is 0 Å². The third kappa shape index (κ3) is 4.17. The van der Waals surface area contributed by atoms with Gasteiger partial charge in [-0.1, -0.05) is 0 Å². The van der Waals surface area contributed by atoms with Crippen molar-refractivity contribution in [3.63, 3.8) is 0 Å². The predicted molar refractivity (Wildman–Crippen MR) is 114 cm³/mol. The van der Waals surface area contributed by atoms with E-state index in [0.29, 0.717) is 44.8 Å². The van der Waals surface area contributed by atoms with Gasteiger partial charge in [-0.3, -0.25) is 4.79 Å². The van der Waals surface area contributed by atoms with E-state index in [-0.39, 0.29) is 10.8 Å². The van der Waals surface area contributed by atoms with E-state index in [1.54, 1.807) is 29.2 Å². The van der Waals surface area contributed by atoms with E-state index in [2.05, 4.69) is 14.9 Å². The summed E-state index contributed by atoms with van der Waals surface area (Å²) in [6.45, 7) is 7.54. The predicted octanol–water partition coefficient (Wildman–Crippen LogP) is 1.84. The van der Waals surface area contributed by atoms with Crippen LogP contribution in [0.25, 0.3) is 0 Å². The van der Waals surface area contributed by atoms with E-state index in [9.17, 15) is 13.2 Å². The third-order valence-electron chi connectivity index (χ3n) is 5.65. The summed E-state index contributed by atoms with van der Waals surface area (Å²) in [5, 5.41) is 0. The van der Waals surface area contributed by atoms with Crippen LogP contribution in [0.15, 0.2) is 35.2 Å². The molecule has 9 heteroatoms. The van der Waals surface area contributed by atoms with Crippen molar-refractivity contribution in [3.05, 3.63) is 47.4 Å². The number of hydrogen-bond acceptors (Lipinski definition) is 6. The minimum Gasteiger partial charge on any atom is -0.353 e. The van der Waals surface area contributed by atoms with Gasteiger partial charge in [0.25, 0.3) is 5.91 Å². The van der Waals surface area contributed by atoms with Crippen LogP contribution in [-0.2, 0) is 10.0 Å². The summed E-state index contributed by atoms with van der Waals surface area (Å²) in [4.78, 5) is 25.9. The number of hydrogen-bond donors (Lipinski definition) is 0. The first-order valence-corrected chi connectivity index (χ1v) is 11.8. The van der Waals surface area contributed by atoms with Crippen LogP contribution in [0.5, 0.6) is 0 Å². The van der Waals surface area contributed by atoms with Gasteiger partial charge in [-0.25, -0.2) is 18.4 Å². The standard InChI is InChI=1S/C21H27N5O3S/c1-16-15-20(23-17(2)22-16)24-11-13-25(14-12-24)21(27)18-5-7-19(8-6-18)30(28,29)26-9-3-4-10-26/h5-8,15H,3-4,9-14H2,1-2H3. The Labute approximate surface area is 177 Å². The molecule has 0 spiro atoms. The molecular weight excluding hydrogens is 402 g/mol. The molecule has 2 aliphatic rings. The highest BCUT2D eigenvalue weighted by atomic mass is 32.2. The van der Waals surface area contributed by atoms with Gasteiger partial charge in [0.1, 0.15) is 11.6 Å². The number of benzene rings is 1. The highest BCUT2D eigenvalue weighted by Crippen LogP contribution is 2.22. The first-order valence-electron chi connectivity index (χ1n) is 10.3. The van der Waals surface area contributed by atoms with Gasteiger partial charge in [0.15, 0.2) is 0 Å². The molecule has 30 heavy (non-hydrogen) atoms. The lowest BCUT2D eigenvalue weighted by Crippen LogP contribution is -2.49. The Kier molecular flexibility index (Phi) is 5.75.